The third kappa shape index (κ3) is 12.8. The first-order valence-corrected chi connectivity index (χ1v) is 15.4. The van der Waals surface area contributed by atoms with Crippen LogP contribution in [0.25, 0.3) is 0 Å². The standard InChI is InChI=1S/C30H44INO6/c1-2-32-29(35)15-9-4-3-8-14-25-26(19-18-24(33)17-16-23-12-6-5-7-13-23)28(22-27(25)34)38-30(36)37-21-11-10-20-31/h3,5-8,12-13,18-19,24-28,33-34H,2,4,9-11,14-17,20-22H2,1H3,(H,32,35)/b8-3-,19-18+/t24-,25+,26+,27-,28+/m0/s1. The number of rotatable bonds is 17. The predicted molar refractivity (Wildman–Crippen MR) is 158 cm³/mol. The van der Waals surface area contributed by atoms with Crippen molar-refractivity contribution in [3.63, 3.8) is 0 Å². The van der Waals surface area contributed by atoms with Crippen molar-refractivity contribution in [1.29, 1.82) is 0 Å². The molecule has 0 heterocycles. The lowest BCUT2D eigenvalue weighted by Crippen LogP contribution is -2.25. The van der Waals surface area contributed by atoms with Crippen molar-refractivity contribution in [2.75, 3.05) is 17.6 Å². The van der Waals surface area contributed by atoms with Crippen molar-refractivity contribution in [1.82, 2.24) is 5.32 Å². The molecule has 0 aromatic heterocycles. The van der Waals surface area contributed by atoms with Crippen molar-refractivity contribution in [3.8, 4) is 0 Å². The highest BCUT2D eigenvalue weighted by molar-refractivity contribution is 14.1. The minimum absolute atomic E-state index is 0.0595. The maximum atomic E-state index is 12.3. The van der Waals surface area contributed by atoms with Crippen LogP contribution in [-0.4, -0.2) is 58.2 Å². The predicted octanol–water partition coefficient (Wildman–Crippen LogP) is 5.52. The number of carbonyl (C=O) groups excluding carboxylic acids is 2. The Kier molecular flexibility index (Phi) is 16.3. The molecular weight excluding hydrogens is 597 g/mol. The summed E-state index contributed by atoms with van der Waals surface area (Å²) in [5.41, 5.74) is 1.16. The number of nitrogens with one attached hydrogen (secondary N) is 1. The molecule has 0 unspecified atom stereocenters. The van der Waals surface area contributed by atoms with Gasteiger partial charge in [0.2, 0.25) is 5.91 Å². The summed E-state index contributed by atoms with van der Waals surface area (Å²) in [6.45, 7) is 2.86. The summed E-state index contributed by atoms with van der Waals surface area (Å²) in [7, 11) is 0. The Labute approximate surface area is 241 Å². The van der Waals surface area contributed by atoms with Gasteiger partial charge < -0.3 is 25.0 Å². The van der Waals surface area contributed by atoms with Crippen LogP contribution < -0.4 is 5.32 Å². The highest BCUT2D eigenvalue weighted by Crippen LogP contribution is 2.38. The zero-order valence-corrected chi connectivity index (χ0v) is 24.6. The molecule has 7 nitrogen and oxygen atoms in total. The van der Waals surface area contributed by atoms with Gasteiger partial charge in [0.25, 0.3) is 0 Å². The number of allylic oxidation sites excluding steroid dienone is 2. The van der Waals surface area contributed by atoms with E-state index in [1.165, 1.54) is 0 Å². The number of amides is 1. The van der Waals surface area contributed by atoms with Crippen LogP contribution in [0.1, 0.15) is 63.9 Å². The Balaban J connectivity index is 1.96. The minimum atomic E-state index is -0.708. The molecule has 1 fully saturated rings. The Hall–Kier alpha value is -1.91. The van der Waals surface area contributed by atoms with Gasteiger partial charge in [-0.3, -0.25) is 4.79 Å². The quantitative estimate of drug-likeness (QED) is 0.0681. The van der Waals surface area contributed by atoms with E-state index in [0.717, 1.165) is 42.1 Å². The number of ether oxygens (including phenoxy) is 2. The Bertz CT molecular complexity index is 862. The van der Waals surface area contributed by atoms with E-state index < -0.39 is 24.5 Å². The largest absolute Gasteiger partial charge is 0.508 e. The number of benzene rings is 1. The van der Waals surface area contributed by atoms with E-state index in [2.05, 4.69) is 27.9 Å². The summed E-state index contributed by atoms with van der Waals surface area (Å²) in [5.74, 6) is -0.327. The first-order valence-electron chi connectivity index (χ1n) is 13.8. The molecule has 0 bridgehead atoms. The van der Waals surface area contributed by atoms with E-state index in [-0.39, 0.29) is 17.7 Å². The van der Waals surface area contributed by atoms with E-state index in [1.807, 2.05) is 55.5 Å². The van der Waals surface area contributed by atoms with Crippen LogP contribution in [-0.2, 0) is 20.7 Å². The molecule has 1 aromatic rings. The number of hydrogen-bond donors (Lipinski definition) is 3. The van der Waals surface area contributed by atoms with Crippen molar-refractivity contribution in [3.05, 3.63) is 60.2 Å². The molecule has 1 amide bonds. The fourth-order valence-electron chi connectivity index (χ4n) is 4.67. The van der Waals surface area contributed by atoms with Crippen LogP contribution >= 0.6 is 22.6 Å². The molecule has 1 aliphatic rings. The lowest BCUT2D eigenvalue weighted by Gasteiger charge is -2.22. The highest BCUT2D eigenvalue weighted by Gasteiger charge is 2.43. The molecule has 0 aliphatic heterocycles. The number of halogens is 1. The van der Waals surface area contributed by atoms with Gasteiger partial charge in [0.05, 0.1) is 18.8 Å². The molecule has 212 valence electrons. The minimum Gasteiger partial charge on any atom is -0.434 e. The van der Waals surface area contributed by atoms with Crippen LogP contribution in [0, 0.1) is 11.8 Å². The Morgan fingerprint density at radius 3 is 2.71 bits per heavy atom. The van der Waals surface area contributed by atoms with E-state index in [9.17, 15) is 19.8 Å². The molecule has 5 atom stereocenters. The van der Waals surface area contributed by atoms with Gasteiger partial charge in [-0.25, -0.2) is 4.79 Å². The molecule has 1 saturated carbocycles. The number of carbonyl (C=O) groups is 2. The summed E-state index contributed by atoms with van der Waals surface area (Å²) in [5, 5.41) is 24.2. The van der Waals surface area contributed by atoms with Crippen LogP contribution in [0.5, 0.6) is 0 Å². The van der Waals surface area contributed by atoms with Gasteiger partial charge in [0.1, 0.15) is 6.10 Å². The van der Waals surface area contributed by atoms with Gasteiger partial charge in [-0.15, -0.1) is 0 Å². The van der Waals surface area contributed by atoms with E-state index in [0.29, 0.717) is 38.8 Å². The first-order chi connectivity index (χ1) is 18.4. The van der Waals surface area contributed by atoms with Crippen molar-refractivity contribution < 1.29 is 29.3 Å². The van der Waals surface area contributed by atoms with Gasteiger partial charge in [-0.2, -0.15) is 0 Å². The third-order valence-electron chi connectivity index (χ3n) is 6.74. The lowest BCUT2D eigenvalue weighted by molar-refractivity contribution is -0.121. The number of aliphatic hydroxyl groups is 2. The molecule has 1 aliphatic carbocycles. The molecule has 8 heteroatoms. The summed E-state index contributed by atoms with van der Waals surface area (Å²) in [4.78, 5) is 23.9. The van der Waals surface area contributed by atoms with Crippen LogP contribution in [0.2, 0.25) is 0 Å². The van der Waals surface area contributed by atoms with Crippen LogP contribution in [0.3, 0.4) is 0 Å². The fraction of sp³-hybridized carbons (Fsp3) is 0.600. The number of alkyl halides is 1. The summed E-state index contributed by atoms with van der Waals surface area (Å²) >= 11 is 2.29. The highest BCUT2D eigenvalue weighted by atomic mass is 127. The summed E-state index contributed by atoms with van der Waals surface area (Å²) < 4.78 is 11.9. The van der Waals surface area contributed by atoms with Crippen molar-refractivity contribution in [2.24, 2.45) is 11.8 Å². The zero-order valence-electron chi connectivity index (χ0n) is 22.5. The van der Waals surface area contributed by atoms with E-state index in [4.69, 9.17) is 9.47 Å². The molecule has 2 rings (SSSR count). The Morgan fingerprint density at radius 1 is 1.18 bits per heavy atom. The maximum absolute atomic E-state index is 12.3. The number of aliphatic hydroxyl groups excluding tert-OH is 2. The maximum Gasteiger partial charge on any atom is 0.508 e. The fourth-order valence-corrected chi connectivity index (χ4v) is 5.21. The van der Waals surface area contributed by atoms with Gasteiger partial charge in [-0.1, -0.05) is 77.2 Å². The van der Waals surface area contributed by atoms with Gasteiger partial charge in [-0.05, 0) is 67.8 Å². The molecular formula is C30H44INO6. The van der Waals surface area contributed by atoms with Crippen molar-refractivity contribution in [2.45, 2.75) is 83.0 Å². The number of aryl methyl sites for hydroxylation is 1. The second-order valence-electron chi connectivity index (χ2n) is 9.72. The summed E-state index contributed by atoms with van der Waals surface area (Å²) in [6, 6.07) is 10.0. The topological polar surface area (TPSA) is 105 Å². The molecule has 1 aromatic carbocycles. The van der Waals surface area contributed by atoms with Crippen LogP contribution in [0.15, 0.2) is 54.6 Å². The summed E-state index contributed by atoms with van der Waals surface area (Å²) in [6.07, 6.45) is 11.3. The first kappa shape index (κ1) is 32.3. The molecule has 0 saturated heterocycles. The zero-order chi connectivity index (χ0) is 27.6. The third-order valence-corrected chi connectivity index (χ3v) is 7.50. The average molecular weight is 642 g/mol. The van der Waals surface area contributed by atoms with Gasteiger partial charge in [0, 0.05) is 25.3 Å². The second kappa shape index (κ2) is 19.2. The number of unbranched alkanes of at least 4 members (excludes halogenated alkanes) is 2. The smallest absolute Gasteiger partial charge is 0.434 e. The van der Waals surface area contributed by atoms with Gasteiger partial charge >= 0.3 is 6.16 Å². The monoisotopic (exact) mass is 641 g/mol. The lowest BCUT2D eigenvalue weighted by atomic mass is 9.89. The molecule has 0 spiro atoms. The van der Waals surface area contributed by atoms with Crippen LogP contribution in [0.4, 0.5) is 4.79 Å². The van der Waals surface area contributed by atoms with E-state index >= 15 is 0 Å². The van der Waals surface area contributed by atoms with Crippen molar-refractivity contribution >= 4 is 34.7 Å². The van der Waals surface area contributed by atoms with Gasteiger partial charge in [0.15, 0.2) is 0 Å². The van der Waals surface area contributed by atoms with E-state index in [1.54, 1.807) is 6.08 Å². The SMILES string of the molecule is CCNC(=O)CCC/C=C\C[C@@H]1[C@@H](/C=C/[C@@H](O)CCc2ccccc2)[C@H](OC(=O)OCCCCI)C[C@@H]1O. The molecule has 3 N–H and O–H groups in total. The second-order valence-corrected chi connectivity index (χ2v) is 10.8. The Morgan fingerprint density at radius 2 is 1.97 bits per heavy atom. The average Bonchev–Trinajstić information content (AvgIpc) is 3.20. The molecule has 0 radical (unpaired) electrons. The number of hydrogen-bond acceptors (Lipinski definition) is 6. The normalized spacial score (nSPS) is 22.1. The molecule has 38 heavy (non-hydrogen) atoms.